The zero-order valence-corrected chi connectivity index (χ0v) is 38.8. The van der Waals surface area contributed by atoms with E-state index in [1.165, 1.54) is 22.9 Å². The van der Waals surface area contributed by atoms with E-state index in [2.05, 4.69) is 48.6 Å². The maximum absolute atomic E-state index is 16.1. The molecule has 356 valence electrons. The van der Waals surface area contributed by atoms with Crippen molar-refractivity contribution in [2.24, 2.45) is 18.9 Å². The van der Waals surface area contributed by atoms with Crippen LogP contribution in [0.5, 0.6) is 0 Å². The summed E-state index contributed by atoms with van der Waals surface area (Å²) in [5, 5.41) is 9.11. The van der Waals surface area contributed by atoms with Crippen LogP contribution in [0.1, 0.15) is 90.7 Å². The lowest BCUT2D eigenvalue weighted by atomic mass is 9.78. The number of carbonyl (C=O) groups is 3. The molecule has 68 heavy (non-hydrogen) atoms. The van der Waals surface area contributed by atoms with Gasteiger partial charge >= 0.3 is 0 Å². The van der Waals surface area contributed by atoms with Gasteiger partial charge in [-0.3, -0.25) is 38.9 Å². The molecular formula is C52H58F3N9O4. The number of rotatable bonds is 11. The summed E-state index contributed by atoms with van der Waals surface area (Å²) < 4.78 is 49.9. The van der Waals surface area contributed by atoms with Crippen LogP contribution in [0.2, 0.25) is 0 Å². The average molecular weight is 930 g/mol. The van der Waals surface area contributed by atoms with Gasteiger partial charge in [0.2, 0.25) is 11.8 Å². The summed E-state index contributed by atoms with van der Waals surface area (Å²) in [6, 6.07) is 11.4. The molecule has 16 heteroatoms. The molecule has 3 aromatic heterocycles. The molecule has 2 aromatic carbocycles. The molecule has 1 unspecified atom stereocenters. The second-order valence-electron chi connectivity index (χ2n) is 19.4. The zero-order chi connectivity index (χ0) is 47.4. The molecule has 0 radical (unpaired) electrons. The number of pyridine rings is 2. The van der Waals surface area contributed by atoms with Crippen molar-refractivity contribution >= 4 is 51.3 Å². The highest BCUT2D eigenvalue weighted by Crippen LogP contribution is 2.37. The third-order valence-corrected chi connectivity index (χ3v) is 15.2. The minimum atomic E-state index is -0.574. The highest BCUT2D eigenvalue weighted by molar-refractivity contribution is 6.01. The van der Waals surface area contributed by atoms with Crippen molar-refractivity contribution in [3.05, 3.63) is 117 Å². The summed E-state index contributed by atoms with van der Waals surface area (Å²) in [6.45, 7) is 9.75. The monoisotopic (exact) mass is 929 g/mol. The number of anilines is 3. The Kier molecular flexibility index (Phi) is 12.5. The minimum Gasteiger partial charge on any atom is -0.382 e. The van der Waals surface area contributed by atoms with Crippen LogP contribution in [0, 0.1) is 36.2 Å². The fraction of sp³-hybridized carbons (Fsp3) is 0.442. The number of nitrogens with zero attached hydrogens (tertiary/aromatic N) is 6. The van der Waals surface area contributed by atoms with E-state index in [1.807, 2.05) is 30.7 Å². The number of aromatic nitrogens is 3. The van der Waals surface area contributed by atoms with Gasteiger partial charge in [-0.15, -0.1) is 0 Å². The number of imide groups is 1. The molecule has 13 nitrogen and oxygen atoms in total. The zero-order valence-electron chi connectivity index (χ0n) is 38.8. The average Bonchev–Trinajstić information content (AvgIpc) is 3.97. The molecule has 2 saturated heterocycles. The number of hydrogen-bond donors (Lipinski definition) is 3. The molecule has 3 N–H and O–H groups in total. The highest BCUT2D eigenvalue weighted by atomic mass is 19.1. The number of nitrogens with one attached hydrogen (secondary N) is 3. The summed E-state index contributed by atoms with van der Waals surface area (Å²) in [5.41, 5.74) is 6.50. The Labute approximate surface area is 393 Å². The Bertz CT molecular complexity index is 2890. The molecule has 3 fully saturated rings. The Morgan fingerprint density at radius 1 is 0.882 bits per heavy atom. The van der Waals surface area contributed by atoms with Gasteiger partial charge < -0.3 is 20.1 Å². The van der Waals surface area contributed by atoms with E-state index < -0.39 is 17.8 Å². The third-order valence-electron chi connectivity index (χ3n) is 15.2. The van der Waals surface area contributed by atoms with Crippen LogP contribution in [0.25, 0.3) is 22.3 Å². The summed E-state index contributed by atoms with van der Waals surface area (Å²) in [5.74, 6) is -1.53. The van der Waals surface area contributed by atoms with Crippen LogP contribution in [0.4, 0.5) is 30.2 Å². The SMILES string of the molecule is Cc1cc(C(=O)C2CCC(CN3CCN(c4ccc(NC5CCC(=O)NC5=O)cc4F)CC3)CC2)cc(F)c1C1=CCN([C@@H](C)c2cc3c(-n4cc(F)c5c(c4=O)CCN5)ccnc3n2C)CC1. The molecule has 0 spiro atoms. The van der Waals surface area contributed by atoms with Crippen LogP contribution >= 0.6 is 0 Å². The van der Waals surface area contributed by atoms with Gasteiger partial charge in [0, 0.05) is 117 Å². The first-order valence-corrected chi connectivity index (χ1v) is 24.1. The maximum Gasteiger partial charge on any atom is 0.260 e. The van der Waals surface area contributed by atoms with Crippen LogP contribution in [-0.2, 0) is 23.1 Å². The first-order chi connectivity index (χ1) is 32.8. The fourth-order valence-electron chi connectivity index (χ4n) is 11.4. The number of ketones is 1. The quantitative estimate of drug-likeness (QED) is 0.0916. The van der Waals surface area contributed by atoms with E-state index in [0.29, 0.717) is 97.3 Å². The molecule has 2 amide bonds. The number of fused-ring (bicyclic) bond motifs is 2. The highest BCUT2D eigenvalue weighted by Gasteiger charge is 2.32. The van der Waals surface area contributed by atoms with E-state index in [0.717, 1.165) is 67.5 Å². The molecule has 5 aromatic rings. The van der Waals surface area contributed by atoms with Crippen LogP contribution in [-0.4, -0.2) is 99.9 Å². The van der Waals surface area contributed by atoms with Crippen LogP contribution in [0.15, 0.2) is 65.7 Å². The summed E-state index contributed by atoms with van der Waals surface area (Å²) >= 11 is 0. The molecule has 0 bridgehead atoms. The molecule has 1 aliphatic carbocycles. The van der Waals surface area contributed by atoms with Gasteiger partial charge in [-0.1, -0.05) is 6.08 Å². The second kappa shape index (κ2) is 18.7. The van der Waals surface area contributed by atoms with E-state index in [-0.39, 0.29) is 53.0 Å². The lowest BCUT2D eigenvalue weighted by molar-refractivity contribution is -0.133. The Balaban J connectivity index is 0.720. The number of Topliss-reactive ketones (excluding diaryl/α,β-unsaturated/α-hetero) is 1. The Morgan fingerprint density at radius 3 is 2.40 bits per heavy atom. The summed E-state index contributed by atoms with van der Waals surface area (Å²) in [7, 11) is 1.95. The smallest absolute Gasteiger partial charge is 0.260 e. The molecule has 10 rings (SSSR count). The van der Waals surface area contributed by atoms with Crippen LogP contribution < -0.4 is 26.4 Å². The number of benzene rings is 2. The first kappa shape index (κ1) is 45.5. The number of halogens is 3. The largest absolute Gasteiger partial charge is 0.382 e. The number of carbonyl (C=O) groups excluding carboxylic acids is 3. The predicted octanol–water partition coefficient (Wildman–Crippen LogP) is 7.30. The van der Waals surface area contributed by atoms with Crippen molar-refractivity contribution in [3.8, 4) is 5.69 Å². The van der Waals surface area contributed by atoms with Crippen LogP contribution in [0.3, 0.4) is 0 Å². The van der Waals surface area contributed by atoms with Gasteiger partial charge in [0.25, 0.3) is 5.56 Å². The number of amides is 2. The van der Waals surface area contributed by atoms with Gasteiger partial charge in [-0.2, -0.15) is 0 Å². The van der Waals surface area contributed by atoms with Gasteiger partial charge in [0.15, 0.2) is 11.6 Å². The Hall–Kier alpha value is -6.26. The lowest BCUT2D eigenvalue weighted by Gasteiger charge is -2.39. The molecule has 2 atom stereocenters. The maximum atomic E-state index is 16.1. The van der Waals surface area contributed by atoms with Crippen molar-refractivity contribution in [2.45, 2.75) is 77.3 Å². The molecule has 5 aliphatic rings. The Morgan fingerprint density at radius 2 is 1.68 bits per heavy atom. The van der Waals surface area contributed by atoms with Crippen molar-refractivity contribution < 1.29 is 27.6 Å². The standard InChI is InChI=1S/C52H58F3N9O4/c1-30-24-35(49(66)34-6-4-32(5-7-34)28-61-20-22-63(23-21-61)44-10-8-36(26-39(44)53)58-42-9-11-46(65)59-51(42)67)25-40(54)47(30)33-14-18-62(19-15-33)31(2)45-27-38-43(13-17-57-50(38)60(45)3)64-29-41(55)48-37(52(64)68)12-16-56-48/h8,10,13-14,17,24-27,29,31-32,34,42,56,58H,4-7,9,11-12,15-16,18-23,28H2,1-3H3,(H,59,65,67)/t31-,32?,34?,42?/m0/s1. The summed E-state index contributed by atoms with van der Waals surface area (Å²) in [4.78, 5) is 62.4. The third kappa shape index (κ3) is 8.72. The normalized spacial score (nSPS) is 21.9. The molecule has 7 heterocycles. The number of aryl methyl sites for hydroxylation is 2. The number of piperazine rings is 1. The fourth-order valence-corrected chi connectivity index (χ4v) is 11.4. The predicted molar refractivity (Wildman–Crippen MR) is 257 cm³/mol. The van der Waals surface area contributed by atoms with E-state index in [9.17, 15) is 19.2 Å². The van der Waals surface area contributed by atoms with Gasteiger partial charge in [0.05, 0.1) is 23.3 Å². The summed E-state index contributed by atoms with van der Waals surface area (Å²) in [6.07, 6.45) is 10.1. The first-order valence-electron chi connectivity index (χ1n) is 24.1. The topological polar surface area (TPSA) is 137 Å². The van der Waals surface area contributed by atoms with Crippen molar-refractivity contribution in [1.82, 2.24) is 29.2 Å². The van der Waals surface area contributed by atoms with E-state index in [4.69, 9.17) is 0 Å². The number of piperidine rings is 1. The molecular weight excluding hydrogens is 872 g/mol. The van der Waals surface area contributed by atoms with Gasteiger partial charge in [-0.05, 0) is 118 Å². The van der Waals surface area contributed by atoms with Crippen molar-refractivity contribution in [2.75, 3.05) is 67.9 Å². The van der Waals surface area contributed by atoms with E-state index in [1.54, 1.807) is 24.4 Å². The lowest BCUT2D eigenvalue weighted by Crippen LogP contribution is -2.48. The van der Waals surface area contributed by atoms with E-state index >= 15 is 13.2 Å². The van der Waals surface area contributed by atoms with Gasteiger partial charge in [-0.25, -0.2) is 18.2 Å². The molecule has 1 saturated carbocycles. The minimum absolute atomic E-state index is 0.0133. The second-order valence-corrected chi connectivity index (χ2v) is 19.4. The molecule has 4 aliphatic heterocycles. The van der Waals surface area contributed by atoms with Gasteiger partial charge in [0.1, 0.15) is 23.3 Å². The van der Waals surface area contributed by atoms with Crippen molar-refractivity contribution in [3.63, 3.8) is 0 Å². The van der Waals surface area contributed by atoms with Crippen molar-refractivity contribution in [1.29, 1.82) is 0 Å². The number of hydrogen-bond acceptors (Lipinski definition) is 10.